The van der Waals surface area contributed by atoms with E-state index in [0.717, 1.165) is 24.8 Å². The first kappa shape index (κ1) is 30.0. The van der Waals surface area contributed by atoms with Crippen molar-refractivity contribution in [2.75, 3.05) is 26.3 Å². The van der Waals surface area contributed by atoms with Gasteiger partial charge in [-0.2, -0.15) is 0 Å². The average molecular weight is 553 g/mol. The van der Waals surface area contributed by atoms with Crippen LogP contribution in [0.15, 0.2) is 55.6 Å². The number of nitrogens with zero attached hydrogens (tertiary/aromatic N) is 2. The van der Waals surface area contributed by atoms with Crippen molar-refractivity contribution in [3.05, 3.63) is 61.2 Å². The molecular formula is C32H44N2O6. The number of aliphatic hydroxyl groups is 1. The standard InChI is InChI=1S/C32H44N2O6/c1-5-8-13-19-33(18-7-3)29(37)27-32-17-16-31(4,40-32)26(30(38)39-20-9-6-2)25(32)28(36)34(27)24(22-35)21-23-14-11-10-12-15-23/h6-7,10-12,14-15,24-27,35H,2-3,5,8-9,13,16-22H2,1,4H3/t24-,25+,26+,27?,31-,32?/m1/s1. The van der Waals surface area contributed by atoms with Gasteiger partial charge in [-0.3, -0.25) is 14.4 Å². The minimum Gasteiger partial charge on any atom is -0.465 e. The Kier molecular flexibility index (Phi) is 9.52. The Morgan fingerprint density at radius 2 is 1.98 bits per heavy atom. The Hall–Kier alpha value is -2.97. The molecule has 2 unspecified atom stereocenters. The normalized spacial score (nSPS) is 29.2. The van der Waals surface area contributed by atoms with Crippen molar-refractivity contribution in [2.24, 2.45) is 11.8 Å². The van der Waals surface area contributed by atoms with E-state index < -0.39 is 41.1 Å². The topological polar surface area (TPSA) is 96.4 Å². The fourth-order valence-corrected chi connectivity index (χ4v) is 7.04. The molecule has 1 N–H and O–H groups in total. The molecule has 2 bridgehead atoms. The molecule has 3 aliphatic heterocycles. The Morgan fingerprint density at radius 1 is 1.23 bits per heavy atom. The van der Waals surface area contributed by atoms with Crippen molar-refractivity contribution in [1.82, 2.24) is 9.80 Å². The molecule has 40 heavy (non-hydrogen) atoms. The second kappa shape index (κ2) is 12.7. The number of rotatable bonds is 15. The highest BCUT2D eigenvalue weighted by Gasteiger charge is 2.79. The van der Waals surface area contributed by atoms with Crippen molar-refractivity contribution < 1.29 is 29.0 Å². The van der Waals surface area contributed by atoms with E-state index in [2.05, 4.69) is 20.1 Å². The molecule has 8 nitrogen and oxygen atoms in total. The van der Waals surface area contributed by atoms with Crippen molar-refractivity contribution in [1.29, 1.82) is 0 Å². The Labute approximate surface area is 238 Å². The molecule has 0 aromatic heterocycles. The number of amides is 2. The first-order valence-corrected chi connectivity index (χ1v) is 14.6. The SMILES string of the molecule is C=CCCOC(=O)[C@@H]1[C@H]2C(=O)N([C@@H](CO)Cc3ccccc3)C(C(=O)N(CC=C)CCCCC)C23CC[C@@]1(C)O3. The summed E-state index contributed by atoms with van der Waals surface area (Å²) in [6.07, 6.45) is 8.08. The third-order valence-electron chi connectivity index (χ3n) is 8.88. The molecule has 3 fully saturated rings. The monoisotopic (exact) mass is 552 g/mol. The van der Waals surface area contributed by atoms with Crippen LogP contribution in [-0.4, -0.2) is 82.3 Å². The minimum atomic E-state index is -1.17. The highest BCUT2D eigenvalue weighted by atomic mass is 16.6. The molecule has 2 amide bonds. The number of hydrogen-bond acceptors (Lipinski definition) is 6. The third kappa shape index (κ3) is 5.36. The summed E-state index contributed by atoms with van der Waals surface area (Å²) in [7, 11) is 0. The van der Waals surface area contributed by atoms with E-state index in [1.165, 1.54) is 0 Å². The van der Waals surface area contributed by atoms with Crippen LogP contribution in [0.5, 0.6) is 0 Å². The second-order valence-corrected chi connectivity index (χ2v) is 11.5. The summed E-state index contributed by atoms with van der Waals surface area (Å²) < 4.78 is 12.3. The van der Waals surface area contributed by atoms with Crippen LogP contribution in [0, 0.1) is 11.8 Å². The van der Waals surface area contributed by atoms with Crippen LogP contribution in [0.4, 0.5) is 0 Å². The van der Waals surface area contributed by atoms with E-state index >= 15 is 0 Å². The molecule has 3 heterocycles. The van der Waals surface area contributed by atoms with Gasteiger partial charge >= 0.3 is 5.97 Å². The number of ether oxygens (including phenoxy) is 2. The number of unbranched alkanes of at least 4 members (excludes halogenated alkanes) is 2. The van der Waals surface area contributed by atoms with Gasteiger partial charge in [0.15, 0.2) is 0 Å². The quantitative estimate of drug-likeness (QED) is 0.203. The molecule has 0 saturated carbocycles. The molecule has 8 heteroatoms. The molecule has 218 valence electrons. The molecule has 3 aliphatic rings. The molecule has 3 saturated heterocycles. The zero-order chi connectivity index (χ0) is 28.9. The summed E-state index contributed by atoms with van der Waals surface area (Å²) >= 11 is 0. The molecule has 1 aromatic rings. The van der Waals surface area contributed by atoms with E-state index in [1.807, 2.05) is 37.3 Å². The summed E-state index contributed by atoms with van der Waals surface area (Å²) in [6.45, 7) is 12.2. The number of benzene rings is 1. The van der Waals surface area contributed by atoms with Gasteiger partial charge in [0.25, 0.3) is 0 Å². The predicted molar refractivity (Wildman–Crippen MR) is 152 cm³/mol. The van der Waals surface area contributed by atoms with Gasteiger partial charge in [-0.1, -0.05) is 62.2 Å². The molecule has 1 aromatic carbocycles. The van der Waals surface area contributed by atoms with Crippen LogP contribution in [0.25, 0.3) is 0 Å². The lowest BCUT2D eigenvalue weighted by Crippen LogP contribution is -2.59. The predicted octanol–water partition coefficient (Wildman–Crippen LogP) is 3.68. The number of carbonyl (C=O) groups excluding carboxylic acids is 3. The van der Waals surface area contributed by atoms with E-state index in [0.29, 0.717) is 38.8 Å². The number of aliphatic hydroxyl groups excluding tert-OH is 1. The van der Waals surface area contributed by atoms with Crippen LogP contribution in [0.2, 0.25) is 0 Å². The van der Waals surface area contributed by atoms with Crippen LogP contribution >= 0.6 is 0 Å². The van der Waals surface area contributed by atoms with Gasteiger partial charge in [0.2, 0.25) is 11.8 Å². The molecule has 0 aliphatic carbocycles. The molecule has 6 atom stereocenters. The van der Waals surface area contributed by atoms with Crippen LogP contribution in [0.1, 0.15) is 57.9 Å². The van der Waals surface area contributed by atoms with Gasteiger partial charge in [0.1, 0.15) is 17.6 Å². The zero-order valence-electron chi connectivity index (χ0n) is 23.9. The second-order valence-electron chi connectivity index (χ2n) is 11.5. The number of likely N-dealkylation sites (tertiary alicyclic amines) is 1. The number of esters is 1. The third-order valence-corrected chi connectivity index (χ3v) is 8.88. The van der Waals surface area contributed by atoms with Gasteiger partial charge in [0.05, 0.1) is 30.8 Å². The number of carbonyl (C=O) groups is 3. The molecule has 4 rings (SSSR count). The summed E-state index contributed by atoms with van der Waals surface area (Å²) in [5.74, 6) is -2.71. The maximum atomic E-state index is 14.5. The number of hydrogen-bond donors (Lipinski definition) is 1. The van der Waals surface area contributed by atoms with Crippen molar-refractivity contribution in [3.8, 4) is 0 Å². The first-order chi connectivity index (χ1) is 19.3. The fourth-order valence-electron chi connectivity index (χ4n) is 7.04. The van der Waals surface area contributed by atoms with Crippen LogP contribution in [-0.2, 0) is 30.3 Å². The lowest BCUT2D eigenvalue weighted by Gasteiger charge is -2.39. The van der Waals surface area contributed by atoms with Gasteiger partial charge in [-0.25, -0.2) is 0 Å². The first-order valence-electron chi connectivity index (χ1n) is 14.6. The molecule has 0 radical (unpaired) electrons. The van der Waals surface area contributed by atoms with Crippen molar-refractivity contribution in [3.63, 3.8) is 0 Å². The zero-order valence-corrected chi connectivity index (χ0v) is 23.9. The van der Waals surface area contributed by atoms with E-state index in [9.17, 15) is 19.5 Å². The highest BCUT2D eigenvalue weighted by molar-refractivity contribution is 5.98. The summed E-state index contributed by atoms with van der Waals surface area (Å²) in [5, 5.41) is 10.6. The Morgan fingerprint density at radius 3 is 2.62 bits per heavy atom. The Balaban J connectivity index is 1.76. The molecular weight excluding hydrogens is 508 g/mol. The maximum absolute atomic E-state index is 14.5. The Bertz CT molecular complexity index is 1090. The van der Waals surface area contributed by atoms with Crippen LogP contribution in [0.3, 0.4) is 0 Å². The van der Waals surface area contributed by atoms with Gasteiger partial charge in [0, 0.05) is 13.1 Å². The number of fused-ring (bicyclic) bond motifs is 1. The minimum absolute atomic E-state index is 0.173. The van der Waals surface area contributed by atoms with E-state index in [-0.39, 0.29) is 25.0 Å². The molecule has 1 spiro atoms. The highest BCUT2D eigenvalue weighted by Crippen LogP contribution is 2.63. The maximum Gasteiger partial charge on any atom is 0.312 e. The largest absolute Gasteiger partial charge is 0.465 e. The summed E-state index contributed by atoms with van der Waals surface area (Å²) in [5.41, 5.74) is -1.13. The lowest BCUT2D eigenvalue weighted by molar-refractivity contribution is -0.161. The van der Waals surface area contributed by atoms with Gasteiger partial charge in [-0.15, -0.1) is 13.2 Å². The summed E-state index contributed by atoms with van der Waals surface area (Å²) in [4.78, 5) is 45.6. The van der Waals surface area contributed by atoms with E-state index in [1.54, 1.807) is 22.0 Å². The smallest absolute Gasteiger partial charge is 0.312 e. The lowest BCUT2D eigenvalue weighted by atomic mass is 9.66. The van der Waals surface area contributed by atoms with E-state index in [4.69, 9.17) is 9.47 Å². The van der Waals surface area contributed by atoms with Crippen molar-refractivity contribution >= 4 is 17.8 Å². The van der Waals surface area contributed by atoms with Crippen molar-refractivity contribution in [2.45, 2.75) is 82.1 Å². The van der Waals surface area contributed by atoms with Crippen LogP contribution < -0.4 is 0 Å². The van der Waals surface area contributed by atoms with Gasteiger partial charge in [-0.05, 0) is 44.6 Å². The fraction of sp³-hybridized carbons (Fsp3) is 0.594. The summed E-state index contributed by atoms with van der Waals surface area (Å²) in [6, 6.07) is 8.00. The van der Waals surface area contributed by atoms with Gasteiger partial charge < -0.3 is 24.4 Å². The average Bonchev–Trinajstić information content (AvgIpc) is 3.52.